The average molecular weight is 250 g/mol. The number of halogens is 1. The molecule has 94 valence electrons. The number of nitro groups is 1. The van der Waals surface area contributed by atoms with Crippen molar-refractivity contribution in [1.29, 1.82) is 5.26 Å². The molecule has 0 aliphatic rings. The van der Waals surface area contributed by atoms with E-state index in [-0.39, 0.29) is 5.56 Å². The maximum atomic E-state index is 13.1. The van der Waals surface area contributed by atoms with Gasteiger partial charge in [0.25, 0.3) is 5.69 Å². The number of nitrogens with zero attached hydrogens (tertiary/aromatic N) is 2. The highest BCUT2D eigenvalue weighted by atomic mass is 19.1. The van der Waals surface area contributed by atoms with Gasteiger partial charge in [-0.2, -0.15) is 5.26 Å². The maximum Gasteiger partial charge on any atom is 0.280 e. The molecule has 5 nitrogen and oxygen atoms in total. The fourth-order valence-electron chi connectivity index (χ4n) is 1.60. The Morgan fingerprint density at radius 3 is 2.78 bits per heavy atom. The first-order valence-corrected chi connectivity index (χ1v) is 5.39. The van der Waals surface area contributed by atoms with E-state index in [0.717, 1.165) is 18.2 Å². The largest absolute Gasteiger partial charge is 0.292 e. The molecule has 0 fully saturated rings. The van der Waals surface area contributed by atoms with Crippen molar-refractivity contribution in [3.8, 4) is 6.07 Å². The summed E-state index contributed by atoms with van der Waals surface area (Å²) < 4.78 is 13.1. The predicted octanol–water partition coefficient (Wildman–Crippen LogP) is 2.86. The number of rotatable bonds is 5. The number of Topliss-reactive ketones (excluding diaryl/α,β-unsaturated/α-hetero) is 1. The monoisotopic (exact) mass is 250 g/mol. The summed E-state index contributed by atoms with van der Waals surface area (Å²) in [6, 6.07) is 4.44. The zero-order valence-electron chi connectivity index (χ0n) is 9.72. The molecular weight excluding hydrogens is 239 g/mol. The lowest BCUT2D eigenvalue weighted by Crippen LogP contribution is -2.15. The Balaban J connectivity index is 3.23. The van der Waals surface area contributed by atoms with Gasteiger partial charge in [-0.15, -0.1) is 0 Å². The van der Waals surface area contributed by atoms with Crippen LogP contribution in [-0.4, -0.2) is 10.7 Å². The van der Waals surface area contributed by atoms with Crippen molar-refractivity contribution in [1.82, 2.24) is 0 Å². The number of benzene rings is 1. The van der Waals surface area contributed by atoms with E-state index >= 15 is 0 Å². The molecule has 1 aromatic rings. The van der Waals surface area contributed by atoms with Crippen LogP contribution in [0.2, 0.25) is 0 Å². The van der Waals surface area contributed by atoms with Gasteiger partial charge in [0.15, 0.2) is 5.78 Å². The first kappa shape index (κ1) is 13.8. The number of ketones is 1. The number of nitro benzene ring substituents is 1. The topological polar surface area (TPSA) is 84.0 Å². The van der Waals surface area contributed by atoms with Gasteiger partial charge in [0.2, 0.25) is 0 Å². The van der Waals surface area contributed by atoms with Crippen LogP contribution in [0.5, 0.6) is 0 Å². The SMILES string of the molecule is CCCC(C#N)C(=O)c1cc(F)ccc1[N+](=O)[O-]. The Bertz CT molecular complexity index is 523. The van der Waals surface area contributed by atoms with Gasteiger partial charge in [-0.05, 0) is 18.6 Å². The molecule has 0 N–H and O–H groups in total. The molecule has 0 saturated carbocycles. The third-order valence-corrected chi connectivity index (χ3v) is 2.47. The molecule has 18 heavy (non-hydrogen) atoms. The van der Waals surface area contributed by atoms with Crippen LogP contribution >= 0.6 is 0 Å². The standard InChI is InChI=1S/C12H11FN2O3/c1-2-3-8(7-14)12(16)10-6-9(13)4-5-11(10)15(17)18/h4-6,8H,2-3H2,1H3. The number of carbonyl (C=O) groups is 1. The van der Waals surface area contributed by atoms with E-state index < -0.39 is 28.1 Å². The zero-order chi connectivity index (χ0) is 13.7. The predicted molar refractivity (Wildman–Crippen MR) is 61.4 cm³/mol. The van der Waals surface area contributed by atoms with E-state index in [1.807, 2.05) is 0 Å². The van der Waals surface area contributed by atoms with Gasteiger partial charge < -0.3 is 0 Å². The minimum absolute atomic E-state index is 0.295. The Morgan fingerprint density at radius 2 is 2.28 bits per heavy atom. The van der Waals surface area contributed by atoms with Crippen molar-refractivity contribution in [3.05, 3.63) is 39.7 Å². The van der Waals surface area contributed by atoms with Gasteiger partial charge in [-0.3, -0.25) is 14.9 Å². The lowest BCUT2D eigenvalue weighted by molar-refractivity contribution is -0.385. The van der Waals surface area contributed by atoms with Gasteiger partial charge in [0.05, 0.1) is 16.6 Å². The molecule has 1 aromatic carbocycles. The van der Waals surface area contributed by atoms with Crippen LogP contribution < -0.4 is 0 Å². The molecule has 0 heterocycles. The lowest BCUT2D eigenvalue weighted by Gasteiger charge is -2.07. The normalized spacial score (nSPS) is 11.6. The second-order valence-corrected chi connectivity index (χ2v) is 3.75. The molecule has 0 radical (unpaired) electrons. The summed E-state index contributed by atoms with van der Waals surface area (Å²) in [7, 11) is 0. The van der Waals surface area contributed by atoms with Crippen molar-refractivity contribution in [2.45, 2.75) is 19.8 Å². The smallest absolute Gasteiger partial charge is 0.280 e. The number of carbonyl (C=O) groups excluding carboxylic acids is 1. The van der Waals surface area contributed by atoms with Crippen molar-refractivity contribution in [2.75, 3.05) is 0 Å². The van der Waals surface area contributed by atoms with Crippen molar-refractivity contribution >= 4 is 11.5 Å². The van der Waals surface area contributed by atoms with Crippen LogP contribution in [0.4, 0.5) is 10.1 Å². The Kier molecular flexibility index (Phi) is 4.49. The second-order valence-electron chi connectivity index (χ2n) is 3.75. The molecule has 0 saturated heterocycles. The van der Waals surface area contributed by atoms with E-state index in [4.69, 9.17) is 5.26 Å². The Labute approximate surface area is 103 Å². The molecule has 0 amide bonds. The summed E-state index contributed by atoms with van der Waals surface area (Å²) in [5.41, 5.74) is -0.822. The van der Waals surface area contributed by atoms with Crippen molar-refractivity contribution in [3.63, 3.8) is 0 Å². The summed E-state index contributed by atoms with van der Waals surface area (Å²) in [6.45, 7) is 1.79. The first-order chi connectivity index (χ1) is 8.51. The summed E-state index contributed by atoms with van der Waals surface area (Å²) in [4.78, 5) is 21.9. The summed E-state index contributed by atoms with van der Waals surface area (Å²) in [5.74, 6) is -2.42. The van der Waals surface area contributed by atoms with Crippen LogP contribution in [0.25, 0.3) is 0 Å². The lowest BCUT2D eigenvalue weighted by atomic mass is 9.94. The van der Waals surface area contributed by atoms with Crippen LogP contribution in [0, 0.1) is 33.2 Å². The molecule has 1 unspecified atom stereocenters. The molecule has 0 bridgehead atoms. The number of hydrogen-bond donors (Lipinski definition) is 0. The third kappa shape index (κ3) is 2.88. The van der Waals surface area contributed by atoms with Crippen LogP contribution in [0.3, 0.4) is 0 Å². The maximum absolute atomic E-state index is 13.1. The van der Waals surface area contributed by atoms with E-state index in [0.29, 0.717) is 12.8 Å². The Hall–Kier alpha value is -2.29. The quantitative estimate of drug-likeness (QED) is 0.457. The second kappa shape index (κ2) is 5.87. The highest BCUT2D eigenvalue weighted by Gasteiger charge is 2.26. The minimum Gasteiger partial charge on any atom is -0.292 e. The molecule has 0 aliphatic carbocycles. The highest BCUT2D eigenvalue weighted by molar-refractivity contribution is 6.02. The van der Waals surface area contributed by atoms with Gasteiger partial charge in [-0.1, -0.05) is 13.3 Å². The average Bonchev–Trinajstić information content (AvgIpc) is 2.34. The summed E-state index contributed by atoms with van der Waals surface area (Å²) in [6.07, 6.45) is 0.885. The van der Waals surface area contributed by atoms with Crippen LogP contribution in [0.15, 0.2) is 18.2 Å². The number of hydrogen-bond acceptors (Lipinski definition) is 4. The third-order valence-electron chi connectivity index (χ3n) is 2.47. The first-order valence-electron chi connectivity index (χ1n) is 5.39. The van der Waals surface area contributed by atoms with Crippen LogP contribution in [0.1, 0.15) is 30.1 Å². The van der Waals surface area contributed by atoms with E-state index in [1.165, 1.54) is 0 Å². The zero-order valence-corrected chi connectivity index (χ0v) is 9.72. The van der Waals surface area contributed by atoms with Crippen molar-refractivity contribution in [2.24, 2.45) is 5.92 Å². The number of nitriles is 1. The van der Waals surface area contributed by atoms with E-state index in [2.05, 4.69) is 0 Å². The Morgan fingerprint density at radius 1 is 1.61 bits per heavy atom. The molecule has 0 aliphatic heterocycles. The van der Waals surface area contributed by atoms with Gasteiger partial charge in [-0.25, -0.2) is 4.39 Å². The fourth-order valence-corrected chi connectivity index (χ4v) is 1.60. The fraction of sp³-hybridized carbons (Fsp3) is 0.333. The molecule has 0 aromatic heterocycles. The van der Waals surface area contributed by atoms with Crippen molar-refractivity contribution < 1.29 is 14.1 Å². The molecule has 0 spiro atoms. The van der Waals surface area contributed by atoms with Gasteiger partial charge in [0.1, 0.15) is 11.7 Å². The molecule has 1 atom stereocenters. The molecular formula is C12H11FN2O3. The van der Waals surface area contributed by atoms with E-state index in [9.17, 15) is 19.3 Å². The highest BCUT2D eigenvalue weighted by Crippen LogP contribution is 2.24. The molecule has 6 heteroatoms. The van der Waals surface area contributed by atoms with Gasteiger partial charge >= 0.3 is 0 Å². The van der Waals surface area contributed by atoms with Gasteiger partial charge in [0, 0.05) is 6.07 Å². The molecule has 1 rings (SSSR count). The minimum atomic E-state index is -0.976. The van der Waals surface area contributed by atoms with E-state index in [1.54, 1.807) is 13.0 Å². The van der Waals surface area contributed by atoms with Crippen LogP contribution in [-0.2, 0) is 0 Å². The summed E-state index contributed by atoms with van der Waals surface area (Å²) in [5, 5.41) is 19.6. The summed E-state index contributed by atoms with van der Waals surface area (Å²) >= 11 is 0.